The van der Waals surface area contributed by atoms with Gasteiger partial charge in [0.15, 0.2) is 9.76 Å². The van der Waals surface area contributed by atoms with Gasteiger partial charge in [-0.15, -0.1) is 15.0 Å². The smallest absolute Gasteiger partial charge is 0.161 e. The molecule has 0 unspecified atom stereocenters. The third kappa shape index (κ3) is 3.97. The molecule has 0 saturated carbocycles. The van der Waals surface area contributed by atoms with Crippen molar-refractivity contribution in [3.63, 3.8) is 0 Å². The zero-order valence-corrected chi connectivity index (χ0v) is 14.7. The molecule has 1 saturated heterocycles. The summed E-state index contributed by atoms with van der Waals surface area (Å²) in [6, 6.07) is 14.4. The maximum Gasteiger partial charge on any atom is 0.161 e. The summed E-state index contributed by atoms with van der Waals surface area (Å²) in [6.45, 7) is 3.03. The van der Waals surface area contributed by atoms with Gasteiger partial charge in [0.25, 0.3) is 0 Å². The van der Waals surface area contributed by atoms with Crippen LogP contribution in [0, 0.1) is 6.92 Å². The molecule has 1 aliphatic rings. The highest BCUT2D eigenvalue weighted by Gasteiger charge is 2.08. The van der Waals surface area contributed by atoms with Crippen LogP contribution in [-0.4, -0.2) is 36.5 Å². The number of aryl methyl sites for hydroxylation is 1. The number of rotatable bonds is 1. The highest BCUT2D eigenvalue weighted by atomic mass is 28.2. The molecule has 1 N–H and O–H groups in total. The van der Waals surface area contributed by atoms with Crippen LogP contribution in [0.1, 0.15) is 18.4 Å². The number of phenols is 1. The number of hydrogen-bond acceptors (Lipinski definition) is 4. The number of benzene rings is 2. The topological polar surface area (TPSA) is 60.2 Å². The van der Waals surface area contributed by atoms with E-state index in [0.29, 0.717) is 5.69 Å². The van der Waals surface area contributed by atoms with E-state index in [2.05, 4.69) is 10.2 Å². The minimum absolute atomic E-state index is 0.00849. The molecule has 120 valence electrons. The van der Waals surface area contributed by atoms with Crippen LogP contribution in [0.5, 0.6) is 5.75 Å². The van der Waals surface area contributed by atoms with E-state index < -0.39 is 0 Å². The van der Waals surface area contributed by atoms with Gasteiger partial charge in [-0.05, 0) is 49.2 Å². The molecule has 4 rings (SSSR count). The summed E-state index contributed by atoms with van der Waals surface area (Å²) >= 11 is 0. The van der Waals surface area contributed by atoms with E-state index in [1.54, 1.807) is 6.07 Å². The summed E-state index contributed by atoms with van der Waals surface area (Å²) in [6.07, 6.45) is 2.75. The van der Waals surface area contributed by atoms with Gasteiger partial charge >= 0.3 is 0 Å². The molecule has 0 amide bonds. The second kappa shape index (κ2) is 7.39. The van der Waals surface area contributed by atoms with Crippen molar-refractivity contribution in [3.8, 4) is 11.4 Å². The fourth-order valence-corrected chi connectivity index (χ4v) is 3.62. The Morgan fingerprint density at radius 1 is 1.09 bits per heavy atom. The number of aromatic nitrogens is 3. The van der Waals surface area contributed by atoms with E-state index in [0.717, 1.165) is 23.2 Å². The summed E-state index contributed by atoms with van der Waals surface area (Å²) in [5.41, 5.74) is 3.28. The molecular weight excluding hydrogens is 306 g/mol. The Balaban J connectivity index is 0.000000220. The van der Waals surface area contributed by atoms with Gasteiger partial charge in [0.1, 0.15) is 22.5 Å². The van der Waals surface area contributed by atoms with Crippen molar-refractivity contribution >= 4 is 20.8 Å². The first kappa shape index (κ1) is 15.7. The van der Waals surface area contributed by atoms with Gasteiger partial charge in [0.2, 0.25) is 0 Å². The Kier molecular flexibility index (Phi) is 5.04. The normalized spacial score (nSPS) is 15.3. The van der Waals surface area contributed by atoms with Crippen molar-refractivity contribution in [2.45, 2.75) is 25.8 Å². The summed E-state index contributed by atoms with van der Waals surface area (Å²) in [5, 5.41) is 18.5. The van der Waals surface area contributed by atoms with Crippen LogP contribution in [0.3, 0.4) is 0 Å². The number of fused-ring (bicyclic) bond motifs is 1. The van der Waals surface area contributed by atoms with Crippen molar-refractivity contribution in [1.82, 2.24) is 15.0 Å². The first-order valence-corrected chi connectivity index (χ1v) is 9.51. The van der Waals surface area contributed by atoms with Crippen molar-refractivity contribution < 1.29 is 9.53 Å². The zero-order valence-electron chi connectivity index (χ0n) is 13.3. The maximum absolute atomic E-state index is 9.81. The first-order chi connectivity index (χ1) is 11.2. The molecule has 1 aliphatic heterocycles. The lowest BCUT2D eigenvalue weighted by atomic mass is 10.2. The first-order valence-electron chi connectivity index (χ1n) is 7.94. The molecule has 2 aromatic carbocycles. The van der Waals surface area contributed by atoms with E-state index in [1.165, 1.54) is 23.7 Å². The fraction of sp³-hybridized carbons (Fsp3) is 0.294. The molecule has 0 radical (unpaired) electrons. The Bertz CT molecular complexity index is 740. The Morgan fingerprint density at radius 2 is 1.83 bits per heavy atom. The minimum atomic E-state index is 0.00849. The van der Waals surface area contributed by atoms with Gasteiger partial charge in [-0.1, -0.05) is 24.6 Å². The summed E-state index contributed by atoms with van der Waals surface area (Å²) < 4.78 is 5.21. The van der Waals surface area contributed by atoms with Crippen LogP contribution >= 0.6 is 0 Å². The fourth-order valence-electron chi connectivity index (χ4n) is 2.45. The number of aromatic hydroxyl groups is 1. The molecular formula is C17H21N3O2Si. The average Bonchev–Trinajstić information content (AvgIpc) is 3.03. The number of nitrogens with zero attached hydrogens (tertiary/aromatic N) is 3. The number of hydrogen-bond donors (Lipinski definition) is 1. The standard InChI is InChI=1S/C13H11N3O.C4H10OSi/c1-9-6-7-13(17)12(8-9)16-14-10-4-2-3-5-11(10)15-16;1-2-4-6-5-3-1/h2-8,17H,1H3;1-4,6H2. The second-order valence-electron chi connectivity index (χ2n) is 5.64. The molecule has 0 spiro atoms. The lowest BCUT2D eigenvalue weighted by Gasteiger charge is -2.07. The lowest BCUT2D eigenvalue weighted by molar-refractivity contribution is 0.304. The molecule has 0 atom stereocenters. The van der Waals surface area contributed by atoms with Gasteiger partial charge < -0.3 is 9.53 Å². The van der Waals surface area contributed by atoms with Gasteiger partial charge in [-0.3, -0.25) is 0 Å². The summed E-state index contributed by atoms with van der Waals surface area (Å²) in [5.74, 6) is 0.177. The predicted molar refractivity (Wildman–Crippen MR) is 93.8 cm³/mol. The van der Waals surface area contributed by atoms with Crippen molar-refractivity contribution in [3.05, 3.63) is 48.0 Å². The Hall–Kier alpha value is -2.18. The molecule has 1 fully saturated rings. The van der Waals surface area contributed by atoms with Crippen LogP contribution in [0.15, 0.2) is 42.5 Å². The summed E-state index contributed by atoms with van der Waals surface area (Å²) in [7, 11) is 0.00849. The third-order valence-corrected chi connectivity index (χ3v) is 5.08. The third-order valence-electron chi connectivity index (χ3n) is 3.71. The van der Waals surface area contributed by atoms with Gasteiger partial charge in [0, 0.05) is 6.61 Å². The SMILES string of the molecule is C1CC[SiH2]OC1.Cc1ccc(O)c(-n2nc3ccccc3n2)c1. The molecule has 0 bridgehead atoms. The lowest BCUT2D eigenvalue weighted by Crippen LogP contribution is -2.06. The highest BCUT2D eigenvalue weighted by molar-refractivity contribution is 6.27. The van der Waals surface area contributed by atoms with Gasteiger partial charge in [-0.25, -0.2) is 0 Å². The van der Waals surface area contributed by atoms with Gasteiger partial charge in [0.05, 0.1) is 0 Å². The van der Waals surface area contributed by atoms with E-state index in [9.17, 15) is 5.11 Å². The Labute approximate surface area is 137 Å². The zero-order chi connectivity index (χ0) is 16.1. The van der Waals surface area contributed by atoms with E-state index in [1.807, 2.05) is 43.3 Å². The van der Waals surface area contributed by atoms with Crippen molar-refractivity contribution in [2.75, 3.05) is 6.61 Å². The molecule has 5 nitrogen and oxygen atoms in total. The van der Waals surface area contributed by atoms with E-state index in [4.69, 9.17) is 4.43 Å². The van der Waals surface area contributed by atoms with Crippen LogP contribution in [0.4, 0.5) is 0 Å². The highest BCUT2D eigenvalue weighted by Crippen LogP contribution is 2.22. The quantitative estimate of drug-likeness (QED) is 0.698. The summed E-state index contributed by atoms with van der Waals surface area (Å²) in [4.78, 5) is 1.47. The molecule has 23 heavy (non-hydrogen) atoms. The van der Waals surface area contributed by atoms with Crippen molar-refractivity contribution in [2.24, 2.45) is 0 Å². The Morgan fingerprint density at radius 3 is 2.35 bits per heavy atom. The minimum Gasteiger partial charge on any atom is -0.506 e. The monoisotopic (exact) mass is 327 g/mol. The molecule has 1 aromatic heterocycles. The van der Waals surface area contributed by atoms with Crippen LogP contribution in [-0.2, 0) is 4.43 Å². The van der Waals surface area contributed by atoms with Crippen molar-refractivity contribution in [1.29, 1.82) is 0 Å². The molecule has 2 heterocycles. The second-order valence-corrected chi connectivity index (χ2v) is 7.17. The predicted octanol–water partition coefficient (Wildman–Crippen LogP) is 2.73. The van der Waals surface area contributed by atoms with Crippen LogP contribution in [0.25, 0.3) is 16.7 Å². The van der Waals surface area contributed by atoms with Gasteiger partial charge in [-0.2, -0.15) is 0 Å². The van der Waals surface area contributed by atoms with E-state index in [-0.39, 0.29) is 15.5 Å². The largest absolute Gasteiger partial charge is 0.506 e. The van der Waals surface area contributed by atoms with Crippen LogP contribution in [0.2, 0.25) is 6.04 Å². The number of phenolic OH excluding ortho intramolecular Hbond substituents is 1. The average molecular weight is 327 g/mol. The van der Waals surface area contributed by atoms with Crippen LogP contribution < -0.4 is 0 Å². The van der Waals surface area contributed by atoms with E-state index >= 15 is 0 Å². The molecule has 6 heteroatoms. The molecule has 3 aromatic rings. The maximum atomic E-state index is 9.81. The molecule has 0 aliphatic carbocycles.